The van der Waals surface area contributed by atoms with Crippen LogP contribution in [-0.4, -0.2) is 14.2 Å². The molecule has 5 heteroatoms. The Kier molecular flexibility index (Phi) is 4.90. The highest BCUT2D eigenvalue weighted by atomic mass is 79.9. The Morgan fingerprint density at radius 3 is 2.58 bits per heavy atom. The van der Waals surface area contributed by atoms with Gasteiger partial charge in [0.05, 0.1) is 16.9 Å². The second-order valence-corrected chi connectivity index (χ2v) is 7.02. The fraction of sp³-hybridized carbons (Fsp3) is 0.286. The monoisotopic (exact) mass is 359 g/mol. The van der Waals surface area contributed by atoms with Crippen molar-refractivity contribution in [2.75, 3.05) is 14.2 Å². The van der Waals surface area contributed by atoms with Gasteiger partial charge in [0.15, 0.2) is 0 Å². The molecular weight excluding hydrogens is 346 g/mol. The van der Waals surface area contributed by atoms with Gasteiger partial charge in [-0.25, -0.2) is 0 Å². The van der Waals surface area contributed by atoms with E-state index in [0.29, 0.717) is 5.02 Å². The number of aryl methyl sites for hydroxylation is 1. The molecule has 1 N–H and O–H groups in total. The van der Waals surface area contributed by atoms with Gasteiger partial charge in [-0.2, -0.15) is 0 Å². The molecule has 0 saturated carbocycles. The van der Waals surface area contributed by atoms with E-state index in [9.17, 15) is 0 Å². The van der Waals surface area contributed by atoms with Crippen molar-refractivity contribution in [2.24, 2.45) is 0 Å². The molecule has 0 aliphatic rings. The summed E-state index contributed by atoms with van der Waals surface area (Å²) >= 11 is 11.6. The summed E-state index contributed by atoms with van der Waals surface area (Å²) in [6, 6.07) is 8.05. The van der Waals surface area contributed by atoms with Crippen molar-refractivity contribution < 1.29 is 4.74 Å². The molecule has 0 aliphatic heterocycles. The summed E-state index contributed by atoms with van der Waals surface area (Å²) in [7, 11) is 3.58. The van der Waals surface area contributed by atoms with E-state index in [2.05, 4.69) is 34.2 Å². The normalized spacial score (nSPS) is 12.5. The van der Waals surface area contributed by atoms with Crippen molar-refractivity contribution >= 4 is 38.9 Å². The highest BCUT2D eigenvalue weighted by molar-refractivity contribution is 9.11. The van der Waals surface area contributed by atoms with Gasteiger partial charge >= 0.3 is 0 Å². The van der Waals surface area contributed by atoms with E-state index in [1.165, 1.54) is 10.4 Å². The third kappa shape index (κ3) is 3.14. The summed E-state index contributed by atoms with van der Waals surface area (Å²) in [6.07, 6.45) is 0. The molecule has 2 aromatic rings. The number of rotatable bonds is 4. The van der Waals surface area contributed by atoms with E-state index in [4.69, 9.17) is 16.3 Å². The Morgan fingerprint density at radius 2 is 2.11 bits per heavy atom. The highest BCUT2D eigenvalue weighted by Crippen LogP contribution is 2.37. The first kappa shape index (κ1) is 14.9. The van der Waals surface area contributed by atoms with Crippen LogP contribution in [0.4, 0.5) is 0 Å². The van der Waals surface area contributed by atoms with Crippen molar-refractivity contribution in [3.05, 3.63) is 49.1 Å². The lowest BCUT2D eigenvalue weighted by atomic mass is 10.0. The van der Waals surface area contributed by atoms with Gasteiger partial charge in [0.2, 0.25) is 0 Å². The first-order valence-corrected chi connectivity index (χ1v) is 7.82. The number of ether oxygens (including phenoxy) is 1. The summed E-state index contributed by atoms with van der Waals surface area (Å²) in [6.45, 7) is 2.09. The number of benzene rings is 1. The average molecular weight is 361 g/mol. The number of hydrogen-bond donors (Lipinski definition) is 1. The smallest absolute Gasteiger partial charge is 0.120 e. The zero-order chi connectivity index (χ0) is 14.0. The highest BCUT2D eigenvalue weighted by Gasteiger charge is 2.18. The Morgan fingerprint density at radius 1 is 1.37 bits per heavy atom. The SMILES string of the molecule is CNC(c1cc(C)c(Br)s1)c1ccc(OC)cc1Cl. The molecule has 0 fully saturated rings. The van der Waals surface area contributed by atoms with Gasteiger partial charge in [-0.05, 0) is 59.2 Å². The maximum absolute atomic E-state index is 6.35. The van der Waals surface area contributed by atoms with Crippen LogP contribution in [0.5, 0.6) is 5.75 Å². The Hall–Kier alpha value is -0.550. The molecule has 19 heavy (non-hydrogen) atoms. The fourth-order valence-corrected chi connectivity index (χ4v) is 3.93. The number of thiophene rings is 1. The molecule has 0 radical (unpaired) electrons. The van der Waals surface area contributed by atoms with Gasteiger partial charge in [0, 0.05) is 9.90 Å². The van der Waals surface area contributed by atoms with Crippen molar-refractivity contribution in [3.63, 3.8) is 0 Å². The van der Waals surface area contributed by atoms with Crippen LogP contribution < -0.4 is 10.1 Å². The first-order chi connectivity index (χ1) is 9.06. The van der Waals surface area contributed by atoms with E-state index >= 15 is 0 Å². The van der Waals surface area contributed by atoms with Gasteiger partial charge in [0.1, 0.15) is 5.75 Å². The Balaban J connectivity index is 2.42. The minimum absolute atomic E-state index is 0.0911. The first-order valence-electron chi connectivity index (χ1n) is 5.83. The maximum Gasteiger partial charge on any atom is 0.120 e. The molecular formula is C14H15BrClNOS. The number of hydrogen-bond acceptors (Lipinski definition) is 3. The maximum atomic E-state index is 6.35. The third-order valence-electron chi connectivity index (χ3n) is 2.97. The Bertz CT molecular complexity index is 565. The minimum atomic E-state index is 0.0911. The quantitative estimate of drug-likeness (QED) is 0.846. The van der Waals surface area contributed by atoms with Crippen molar-refractivity contribution in [1.29, 1.82) is 0 Å². The fourth-order valence-electron chi connectivity index (χ4n) is 1.95. The Labute approximate surface area is 130 Å². The summed E-state index contributed by atoms with van der Waals surface area (Å²) in [5.74, 6) is 0.771. The van der Waals surface area contributed by atoms with Gasteiger partial charge < -0.3 is 10.1 Å². The van der Waals surface area contributed by atoms with Crippen LogP contribution >= 0.6 is 38.9 Å². The van der Waals surface area contributed by atoms with E-state index in [0.717, 1.165) is 15.1 Å². The van der Waals surface area contributed by atoms with Gasteiger partial charge in [-0.15, -0.1) is 11.3 Å². The lowest BCUT2D eigenvalue weighted by Gasteiger charge is -2.17. The van der Waals surface area contributed by atoms with Crippen LogP contribution in [0.25, 0.3) is 0 Å². The zero-order valence-electron chi connectivity index (χ0n) is 11.0. The van der Waals surface area contributed by atoms with Crippen LogP contribution in [0.2, 0.25) is 5.02 Å². The number of methoxy groups -OCH3 is 1. The minimum Gasteiger partial charge on any atom is -0.497 e. The number of halogens is 2. The summed E-state index contributed by atoms with van der Waals surface area (Å²) < 4.78 is 6.34. The zero-order valence-corrected chi connectivity index (χ0v) is 14.1. The molecule has 2 rings (SSSR count). The van der Waals surface area contributed by atoms with E-state index < -0.39 is 0 Å². The molecule has 1 heterocycles. The second-order valence-electron chi connectivity index (χ2n) is 4.21. The predicted molar refractivity (Wildman–Crippen MR) is 85.7 cm³/mol. The van der Waals surface area contributed by atoms with Crippen molar-refractivity contribution in [1.82, 2.24) is 5.32 Å². The van der Waals surface area contributed by atoms with Crippen LogP contribution in [-0.2, 0) is 0 Å². The van der Waals surface area contributed by atoms with Crippen molar-refractivity contribution in [3.8, 4) is 5.75 Å². The van der Waals surface area contributed by atoms with Crippen LogP contribution in [0, 0.1) is 6.92 Å². The summed E-state index contributed by atoms with van der Waals surface area (Å²) in [5.41, 5.74) is 2.30. The lowest BCUT2D eigenvalue weighted by Crippen LogP contribution is -2.16. The van der Waals surface area contributed by atoms with Gasteiger partial charge in [0.25, 0.3) is 0 Å². The standard InChI is InChI=1S/C14H15BrClNOS/c1-8-6-12(19-14(8)15)13(17-2)10-5-4-9(18-3)7-11(10)16/h4-7,13,17H,1-3H3. The van der Waals surface area contributed by atoms with Crippen LogP contribution in [0.3, 0.4) is 0 Å². The number of nitrogens with one attached hydrogen (secondary N) is 1. The van der Waals surface area contributed by atoms with Gasteiger partial charge in [-0.1, -0.05) is 17.7 Å². The van der Waals surface area contributed by atoms with Gasteiger partial charge in [-0.3, -0.25) is 0 Å². The van der Waals surface area contributed by atoms with E-state index in [1.807, 2.05) is 25.2 Å². The van der Waals surface area contributed by atoms with E-state index in [1.54, 1.807) is 18.4 Å². The molecule has 0 aliphatic carbocycles. The van der Waals surface area contributed by atoms with E-state index in [-0.39, 0.29) is 6.04 Å². The molecule has 0 spiro atoms. The molecule has 1 aromatic heterocycles. The van der Waals surface area contributed by atoms with Crippen LogP contribution in [0.1, 0.15) is 22.0 Å². The predicted octanol–water partition coefficient (Wildman–Crippen LogP) is 4.79. The summed E-state index contributed by atoms with van der Waals surface area (Å²) in [5, 5.41) is 4.03. The molecule has 0 saturated heterocycles. The summed E-state index contributed by atoms with van der Waals surface area (Å²) in [4.78, 5) is 1.24. The largest absolute Gasteiger partial charge is 0.497 e. The lowest BCUT2D eigenvalue weighted by molar-refractivity contribution is 0.414. The molecule has 102 valence electrons. The molecule has 2 nitrogen and oxygen atoms in total. The van der Waals surface area contributed by atoms with Crippen molar-refractivity contribution in [2.45, 2.75) is 13.0 Å². The van der Waals surface area contributed by atoms with Crippen LogP contribution in [0.15, 0.2) is 28.1 Å². The average Bonchev–Trinajstić information content (AvgIpc) is 2.72. The third-order valence-corrected chi connectivity index (χ3v) is 5.50. The molecule has 0 amide bonds. The second kappa shape index (κ2) is 6.27. The molecule has 0 bridgehead atoms. The molecule has 1 unspecified atom stereocenters. The topological polar surface area (TPSA) is 21.3 Å². The molecule has 1 aromatic carbocycles. The molecule has 1 atom stereocenters.